The van der Waals surface area contributed by atoms with E-state index in [1.807, 2.05) is 20.8 Å². The first-order valence-corrected chi connectivity index (χ1v) is 9.67. The molecule has 5 nitrogen and oxygen atoms in total. The minimum Gasteiger partial charge on any atom is -0.366 e. The van der Waals surface area contributed by atoms with Crippen LogP contribution in [-0.2, 0) is 9.84 Å². The molecule has 25 heavy (non-hydrogen) atoms. The summed E-state index contributed by atoms with van der Waals surface area (Å²) in [4.78, 5) is 23.3. The highest BCUT2D eigenvalue weighted by molar-refractivity contribution is 7.91. The van der Waals surface area contributed by atoms with Crippen LogP contribution in [0.2, 0.25) is 0 Å². The first-order valence-electron chi connectivity index (χ1n) is 8.02. The molecule has 0 spiro atoms. The summed E-state index contributed by atoms with van der Waals surface area (Å²) in [5.41, 5.74) is 6.75. The van der Waals surface area contributed by atoms with Gasteiger partial charge < -0.3 is 5.73 Å². The number of benzene rings is 2. The van der Waals surface area contributed by atoms with Gasteiger partial charge in [0.05, 0.1) is 10.6 Å². The molecule has 0 unspecified atom stereocenters. The predicted molar refractivity (Wildman–Crippen MR) is 101 cm³/mol. The van der Waals surface area contributed by atoms with E-state index in [2.05, 4.69) is 0 Å². The van der Waals surface area contributed by atoms with Gasteiger partial charge in [0.2, 0.25) is 5.91 Å². The maximum atomic E-state index is 12.2. The lowest BCUT2D eigenvalue weighted by Gasteiger charge is -2.05. The van der Waals surface area contributed by atoms with Gasteiger partial charge in [-0.2, -0.15) is 0 Å². The molecule has 0 atom stereocenters. The molecule has 0 aromatic heterocycles. The number of aryl methyl sites for hydroxylation is 1. The second kappa shape index (κ2) is 9.13. The van der Waals surface area contributed by atoms with E-state index >= 15 is 0 Å². The summed E-state index contributed by atoms with van der Waals surface area (Å²) in [7, 11) is -3.50. The fourth-order valence-corrected chi connectivity index (χ4v) is 3.30. The Morgan fingerprint density at radius 3 is 1.88 bits per heavy atom. The molecule has 136 valence electrons. The molecular weight excluding hydrogens is 338 g/mol. The molecule has 1 amide bonds. The van der Waals surface area contributed by atoms with Gasteiger partial charge in [-0.3, -0.25) is 9.59 Å². The topological polar surface area (TPSA) is 94.3 Å². The Hall–Kier alpha value is -2.47. The molecule has 0 aliphatic rings. The Morgan fingerprint density at radius 1 is 0.920 bits per heavy atom. The lowest BCUT2D eigenvalue weighted by Crippen LogP contribution is -2.13. The third kappa shape index (κ3) is 5.83. The van der Waals surface area contributed by atoms with Crippen LogP contribution in [0.1, 0.15) is 48.0 Å². The first kappa shape index (κ1) is 20.6. The minimum atomic E-state index is -3.50. The predicted octanol–water partition coefficient (Wildman–Crippen LogP) is 3.41. The quantitative estimate of drug-likeness (QED) is 0.796. The van der Waals surface area contributed by atoms with E-state index in [4.69, 9.17) is 5.73 Å². The van der Waals surface area contributed by atoms with Crippen LogP contribution in [0.15, 0.2) is 53.4 Å². The molecule has 0 fully saturated rings. The number of ketones is 1. The Balaban J connectivity index is 0.00000201. The van der Waals surface area contributed by atoms with Crippen molar-refractivity contribution in [3.63, 3.8) is 0 Å². The zero-order chi connectivity index (χ0) is 19.0. The van der Waals surface area contributed by atoms with Crippen LogP contribution in [0, 0.1) is 6.92 Å². The zero-order valence-electron chi connectivity index (χ0n) is 14.7. The van der Waals surface area contributed by atoms with Gasteiger partial charge in [-0.05, 0) is 31.2 Å². The molecule has 2 aromatic rings. The van der Waals surface area contributed by atoms with Crippen molar-refractivity contribution in [3.8, 4) is 0 Å². The van der Waals surface area contributed by atoms with Crippen LogP contribution in [0.3, 0.4) is 0 Å². The number of Topliss-reactive ketones (excluding diaryl/α,β-unsaturated/α-hetero) is 1. The van der Waals surface area contributed by atoms with Crippen LogP contribution in [-0.4, -0.2) is 25.9 Å². The average molecular weight is 363 g/mol. The van der Waals surface area contributed by atoms with Crippen molar-refractivity contribution < 1.29 is 19.4 Å². The molecule has 6 heteroatoms. The molecule has 0 saturated heterocycles. The molecule has 2 aromatic carbocycles. The number of carbonyl (C=O) groups is 2. The normalized spacial score (nSPS) is 10.5. The number of nitrogens with two attached hydrogens (primary N) is 1. The van der Waals surface area contributed by atoms with Crippen molar-refractivity contribution in [2.75, 3.05) is 5.75 Å². The number of hydrogen-bond donors (Lipinski definition) is 1. The summed E-state index contributed by atoms with van der Waals surface area (Å²) in [6.07, 6.45) is -0.119. The van der Waals surface area contributed by atoms with Crippen molar-refractivity contribution in [1.29, 1.82) is 0 Å². The van der Waals surface area contributed by atoms with Crippen LogP contribution in [0.25, 0.3) is 0 Å². The van der Waals surface area contributed by atoms with E-state index < -0.39 is 15.7 Å². The van der Waals surface area contributed by atoms with E-state index in [9.17, 15) is 18.0 Å². The lowest BCUT2D eigenvalue weighted by atomic mass is 10.1. The van der Waals surface area contributed by atoms with Crippen molar-refractivity contribution in [2.45, 2.75) is 32.1 Å². The van der Waals surface area contributed by atoms with E-state index in [0.29, 0.717) is 11.1 Å². The zero-order valence-corrected chi connectivity index (χ0v) is 15.5. The van der Waals surface area contributed by atoms with Crippen molar-refractivity contribution in [3.05, 3.63) is 65.2 Å². The standard InChI is InChI=1S/C17H17NO4S.C2H6.H2/c1-12-2-8-15(9-3-12)23(21,22)11-10-16(19)13-4-6-14(7-5-13)17(18)20;1-2;/h2-9H,10-11H2,1H3,(H2,18,20);1-2H3;1H. The Bertz CT molecular complexity index is 829. The highest BCUT2D eigenvalue weighted by Crippen LogP contribution is 2.15. The largest absolute Gasteiger partial charge is 0.366 e. The van der Waals surface area contributed by atoms with Crippen LogP contribution in [0.4, 0.5) is 0 Å². The number of rotatable bonds is 6. The first-order chi connectivity index (χ1) is 11.8. The molecule has 2 rings (SSSR count). The molecule has 0 aliphatic carbocycles. The third-order valence-electron chi connectivity index (χ3n) is 3.47. The van der Waals surface area contributed by atoms with Crippen LogP contribution in [0.5, 0.6) is 0 Å². The van der Waals surface area contributed by atoms with E-state index in [1.54, 1.807) is 12.1 Å². The number of carbonyl (C=O) groups excluding carboxylic acids is 2. The van der Waals surface area contributed by atoms with Gasteiger partial charge in [0.15, 0.2) is 15.6 Å². The highest BCUT2D eigenvalue weighted by atomic mass is 32.2. The lowest BCUT2D eigenvalue weighted by molar-refractivity contribution is 0.0981. The van der Waals surface area contributed by atoms with Gasteiger partial charge in [-0.25, -0.2) is 8.42 Å². The number of amides is 1. The summed E-state index contributed by atoms with van der Waals surface area (Å²) in [6.45, 7) is 5.87. The fourth-order valence-electron chi connectivity index (χ4n) is 2.06. The fraction of sp³-hybridized carbons (Fsp3) is 0.263. The number of hydrogen-bond acceptors (Lipinski definition) is 4. The van der Waals surface area contributed by atoms with Crippen molar-refractivity contribution in [2.24, 2.45) is 5.73 Å². The smallest absolute Gasteiger partial charge is 0.248 e. The maximum absolute atomic E-state index is 12.2. The number of sulfone groups is 1. The van der Waals surface area contributed by atoms with Gasteiger partial charge in [-0.15, -0.1) is 0 Å². The van der Waals surface area contributed by atoms with E-state index in [1.165, 1.54) is 36.4 Å². The Labute approximate surface area is 150 Å². The molecule has 0 radical (unpaired) electrons. The Morgan fingerprint density at radius 2 is 1.40 bits per heavy atom. The molecule has 0 saturated carbocycles. The third-order valence-corrected chi connectivity index (χ3v) is 5.20. The monoisotopic (exact) mass is 363 g/mol. The maximum Gasteiger partial charge on any atom is 0.248 e. The SMILES string of the molecule is CC.Cc1ccc(S(=O)(=O)CCC(=O)c2ccc(C(N)=O)cc2)cc1.[HH]. The summed E-state index contributed by atoms with van der Waals surface area (Å²) in [5, 5.41) is 0. The van der Waals surface area contributed by atoms with E-state index in [-0.39, 0.29) is 24.3 Å². The molecule has 2 N–H and O–H groups in total. The van der Waals surface area contributed by atoms with Gasteiger partial charge in [0.25, 0.3) is 0 Å². The van der Waals surface area contributed by atoms with Gasteiger partial charge in [0, 0.05) is 19.0 Å². The second-order valence-corrected chi connectivity index (χ2v) is 7.36. The van der Waals surface area contributed by atoms with E-state index in [0.717, 1.165) is 5.56 Å². The van der Waals surface area contributed by atoms with Gasteiger partial charge in [-0.1, -0.05) is 43.7 Å². The molecule has 0 heterocycles. The summed E-state index contributed by atoms with van der Waals surface area (Å²) in [6, 6.07) is 12.4. The summed E-state index contributed by atoms with van der Waals surface area (Å²) < 4.78 is 24.4. The van der Waals surface area contributed by atoms with Crippen LogP contribution >= 0.6 is 0 Å². The molecular formula is C19H25NO4S. The summed E-state index contributed by atoms with van der Waals surface area (Å²) >= 11 is 0. The average Bonchev–Trinajstić information content (AvgIpc) is 2.62. The minimum absolute atomic E-state index is 0. The van der Waals surface area contributed by atoms with Crippen molar-refractivity contribution >= 4 is 21.5 Å². The highest BCUT2D eigenvalue weighted by Gasteiger charge is 2.17. The molecule has 0 bridgehead atoms. The van der Waals surface area contributed by atoms with Crippen molar-refractivity contribution in [1.82, 2.24) is 0 Å². The number of primary amides is 1. The van der Waals surface area contributed by atoms with Gasteiger partial charge in [0.1, 0.15) is 0 Å². The summed E-state index contributed by atoms with van der Waals surface area (Å²) in [5.74, 6) is -1.13. The van der Waals surface area contributed by atoms with Gasteiger partial charge >= 0.3 is 0 Å². The second-order valence-electron chi connectivity index (χ2n) is 5.25. The molecule has 0 aliphatic heterocycles. The van der Waals surface area contributed by atoms with Crippen LogP contribution < -0.4 is 5.73 Å². The Kier molecular flexibility index (Phi) is 7.51.